The number of aromatic nitrogens is 1. The summed E-state index contributed by atoms with van der Waals surface area (Å²) in [6, 6.07) is 4.17. The number of hydrogen-bond donors (Lipinski definition) is 0. The summed E-state index contributed by atoms with van der Waals surface area (Å²) in [6.07, 6.45) is 15.9. The Morgan fingerprint density at radius 1 is 1.12 bits per heavy atom. The lowest BCUT2D eigenvalue weighted by Gasteiger charge is -2.01. The SMILES string of the molecule is CC1=CC=C(CCc2ccncc2)C=CC1. The van der Waals surface area contributed by atoms with Crippen molar-refractivity contribution in [2.24, 2.45) is 0 Å². The third kappa shape index (κ3) is 3.20. The average Bonchev–Trinajstić information content (AvgIpc) is 2.53. The van der Waals surface area contributed by atoms with Gasteiger partial charge in [0.2, 0.25) is 0 Å². The van der Waals surface area contributed by atoms with Gasteiger partial charge in [0.05, 0.1) is 0 Å². The van der Waals surface area contributed by atoms with Crippen molar-refractivity contribution < 1.29 is 0 Å². The molecule has 1 aliphatic carbocycles. The molecule has 1 aromatic rings. The highest BCUT2D eigenvalue weighted by atomic mass is 14.6. The molecule has 0 atom stereocenters. The molecule has 1 heteroatoms. The minimum Gasteiger partial charge on any atom is -0.265 e. The fraction of sp³-hybridized carbons (Fsp3) is 0.267. The first kappa shape index (κ1) is 10.9. The molecule has 0 N–H and O–H groups in total. The third-order valence-electron chi connectivity index (χ3n) is 2.81. The Bertz CT molecular complexity index is 424. The molecule has 0 aliphatic heterocycles. The van der Waals surface area contributed by atoms with Crippen LogP contribution >= 0.6 is 0 Å². The Balaban J connectivity index is 1.96. The van der Waals surface area contributed by atoms with Crippen LogP contribution in [0.5, 0.6) is 0 Å². The van der Waals surface area contributed by atoms with Gasteiger partial charge >= 0.3 is 0 Å². The summed E-state index contributed by atoms with van der Waals surface area (Å²) < 4.78 is 0. The van der Waals surface area contributed by atoms with Gasteiger partial charge in [-0.1, -0.05) is 29.9 Å². The molecule has 1 aliphatic rings. The van der Waals surface area contributed by atoms with E-state index in [1.165, 1.54) is 16.7 Å². The molecule has 0 amide bonds. The summed E-state index contributed by atoms with van der Waals surface area (Å²) >= 11 is 0. The van der Waals surface area contributed by atoms with Crippen molar-refractivity contribution in [3.63, 3.8) is 0 Å². The third-order valence-corrected chi connectivity index (χ3v) is 2.81. The molecular weight excluding hydrogens is 194 g/mol. The van der Waals surface area contributed by atoms with E-state index in [9.17, 15) is 0 Å². The van der Waals surface area contributed by atoms with Gasteiger partial charge in [-0.25, -0.2) is 0 Å². The second-order valence-corrected chi connectivity index (χ2v) is 4.22. The molecule has 2 rings (SSSR count). The number of pyridine rings is 1. The lowest BCUT2D eigenvalue weighted by molar-refractivity contribution is 0.960. The minimum absolute atomic E-state index is 1.08. The van der Waals surface area contributed by atoms with E-state index in [0.717, 1.165) is 19.3 Å². The van der Waals surface area contributed by atoms with Crippen molar-refractivity contribution in [2.75, 3.05) is 0 Å². The van der Waals surface area contributed by atoms with E-state index in [0.29, 0.717) is 0 Å². The summed E-state index contributed by atoms with van der Waals surface area (Å²) in [5.41, 5.74) is 4.19. The Labute approximate surface area is 97.2 Å². The molecule has 0 aromatic carbocycles. The molecular formula is C15H17N. The first-order chi connectivity index (χ1) is 7.84. The molecule has 0 unspecified atom stereocenters. The van der Waals surface area contributed by atoms with Crippen molar-refractivity contribution in [3.8, 4) is 0 Å². The van der Waals surface area contributed by atoms with E-state index >= 15 is 0 Å². The molecule has 0 saturated heterocycles. The van der Waals surface area contributed by atoms with Gasteiger partial charge in [-0.2, -0.15) is 0 Å². The van der Waals surface area contributed by atoms with Crippen LogP contribution in [0.3, 0.4) is 0 Å². The van der Waals surface area contributed by atoms with Gasteiger partial charge in [0.15, 0.2) is 0 Å². The van der Waals surface area contributed by atoms with E-state index in [1.807, 2.05) is 12.4 Å². The van der Waals surface area contributed by atoms with Crippen LogP contribution in [0.2, 0.25) is 0 Å². The molecule has 0 radical (unpaired) electrons. The second kappa shape index (κ2) is 5.45. The molecule has 1 heterocycles. The fourth-order valence-corrected chi connectivity index (χ4v) is 1.77. The maximum Gasteiger partial charge on any atom is 0.0270 e. The van der Waals surface area contributed by atoms with Crippen molar-refractivity contribution in [2.45, 2.75) is 26.2 Å². The number of nitrogens with zero attached hydrogens (tertiary/aromatic N) is 1. The van der Waals surface area contributed by atoms with Crippen molar-refractivity contribution >= 4 is 0 Å². The molecule has 1 nitrogen and oxygen atoms in total. The normalized spacial score (nSPS) is 15.3. The average molecular weight is 211 g/mol. The summed E-state index contributed by atoms with van der Waals surface area (Å²) in [5.74, 6) is 0. The Hall–Kier alpha value is -1.63. The predicted octanol–water partition coefficient (Wildman–Crippen LogP) is 3.85. The van der Waals surface area contributed by atoms with Gasteiger partial charge in [-0.15, -0.1) is 0 Å². The largest absolute Gasteiger partial charge is 0.265 e. The van der Waals surface area contributed by atoms with E-state index in [2.05, 4.69) is 48.3 Å². The zero-order chi connectivity index (χ0) is 11.2. The first-order valence-electron chi connectivity index (χ1n) is 5.76. The summed E-state index contributed by atoms with van der Waals surface area (Å²) in [5, 5.41) is 0. The van der Waals surface area contributed by atoms with Gasteiger partial charge in [-0.05, 0) is 49.5 Å². The van der Waals surface area contributed by atoms with Crippen LogP contribution < -0.4 is 0 Å². The summed E-state index contributed by atoms with van der Waals surface area (Å²) in [7, 11) is 0. The van der Waals surface area contributed by atoms with Crippen LogP contribution in [-0.4, -0.2) is 4.98 Å². The summed E-state index contributed by atoms with van der Waals surface area (Å²) in [4.78, 5) is 4.03. The minimum atomic E-state index is 1.08. The van der Waals surface area contributed by atoms with Crippen molar-refractivity contribution in [3.05, 3.63) is 65.5 Å². The quantitative estimate of drug-likeness (QED) is 0.740. The van der Waals surface area contributed by atoms with Gasteiger partial charge in [0.25, 0.3) is 0 Å². The van der Waals surface area contributed by atoms with E-state index in [1.54, 1.807) is 0 Å². The lowest BCUT2D eigenvalue weighted by atomic mass is 10.1. The number of allylic oxidation sites excluding steroid dienone is 6. The Morgan fingerprint density at radius 3 is 2.75 bits per heavy atom. The topological polar surface area (TPSA) is 12.9 Å². The molecule has 1 aromatic heterocycles. The fourth-order valence-electron chi connectivity index (χ4n) is 1.77. The van der Waals surface area contributed by atoms with Gasteiger partial charge in [0, 0.05) is 12.4 Å². The number of hydrogen-bond acceptors (Lipinski definition) is 1. The highest BCUT2D eigenvalue weighted by Gasteiger charge is 1.98. The van der Waals surface area contributed by atoms with Crippen LogP contribution in [-0.2, 0) is 6.42 Å². The monoisotopic (exact) mass is 211 g/mol. The molecule has 0 bridgehead atoms. The van der Waals surface area contributed by atoms with Crippen LogP contribution in [0.25, 0.3) is 0 Å². The van der Waals surface area contributed by atoms with Crippen LogP contribution in [0, 0.1) is 0 Å². The van der Waals surface area contributed by atoms with E-state index < -0.39 is 0 Å². The predicted molar refractivity (Wildman–Crippen MR) is 68.2 cm³/mol. The number of rotatable bonds is 3. The highest BCUT2D eigenvalue weighted by molar-refractivity contribution is 5.31. The van der Waals surface area contributed by atoms with E-state index in [-0.39, 0.29) is 0 Å². The zero-order valence-corrected chi connectivity index (χ0v) is 9.69. The van der Waals surface area contributed by atoms with Gasteiger partial charge in [0.1, 0.15) is 0 Å². The van der Waals surface area contributed by atoms with Crippen LogP contribution in [0.15, 0.2) is 60.0 Å². The molecule has 0 saturated carbocycles. The molecule has 0 fully saturated rings. The summed E-state index contributed by atoms with van der Waals surface area (Å²) in [6.45, 7) is 2.17. The van der Waals surface area contributed by atoms with Gasteiger partial charge < -0.3 is 0 Å². The molecule has 0 spiro atoms. The maximum absolute atomic E-state index is 4.03. The molecule has 82 valence electrons. The lowest BCUT2D eigenvalue weighted by Crippen LogP contribution is -1.87. The highest BCUT2D eigenvalue weighted by Crippen LogP contribution is 2.15. The molecule has 16 heavy (non-hydrogen) atoms. The van der Waals surface area contributed by atoms with Crippen LogP contribution in [0.4, 0.5) is 0 Å². The van der Waals surface area contributed by atoms with Crippen molar-refractivity contribution in [1.29, 1.82) is 0 Å². The Kier molecular flexibility index (Phi) is 3.71. The Morgan fingerprint density at radius 2 is 1.94 bits per heavy atom. The first-order valence-corrected chi connectivity index (χ1v) is 5.76. The number of aryl methyl sites for hydroxylation is 1. The zero-order valence-electron chi connectivity index (χ0n) is 9.69. The standard InChI is InChI=1S/C15H17N/c1-13-3-2-4-14(6-5-13)7-8-15-9-11-16-12-10-15/h2,4-6,9-12H,3,7-8H2,1H3. The van der Waals surface area contributed by atoms with E-state index in [4.69, 9.17) is 0 Å². The van der Waals surface area contributed by atoms with Crippen LogP contribution in [0.1, 0.15) is 25.3 Å². The maximum atomic E-state index is 4.03. The van der Waals surface area contributed by atoms with Gasteiger partial charge in [-0.3, -0.25) is 4.98 Å². The van der Waals surface area contributed by atoms with Crippen molar-refractivity contribution in [1.82, 2.24) is 4.98 Å². The smallest absolute Gasteiger partial charge is 0.0270 e. The second-order valence-electron chi connectivity index (χ2n) is 4.22.